The lowest BCUT2D eigenvalue weighted by molar-refractivity contribution is -0.157. The summed E-state index contributed by atoms with van der Waals surface area (Å²) in [6.07, 6.45) is -4.42. The second-order valence-electron chi connectivity index (χ2n) is 3.76. The van der Waals surface area contributed by atoms with Crippen LogP contribution in [0, 0.1) is 0 Å². The summed E-state index contributed by atoms with van der Waals surface area (Å²) in [6, 6.07) is 1.10. The molecule has 0 radical (unpaired) electrons. The summed E-state index contributed by atoms with van der Waals surface area (Å²) in [4.78, 5) is 12.2. The van der Waals surface area contributed by atoms with Crippen LogP contribution in [-0.4, -0.2) is 35.2 Å². The van der Waals surface area contributed by atoms with Gasteiger partial charge in [0.25, 0.3) is 0 Å². The van der Waals surface area contributed by atoms with Crippen molar-refractivity contribution >= 4 is 33.2 Å². The van der Waals surface area contributed by atoms with Crippen molar-refractivity contribution in [2.45, 2.75) is 19.1 Å². The van der Waals surface area contributed by atoms with Crippen molar-refractivity contribution in [1.29, 1.82) is 0 Å². The molecule has 0 fully saturated rings. The van der Waals surface area contributed by atoms with Gasteiger partial charge in [-0.15, -0.1) is 11.3 Å². The number of hydrogen-bond donors (Lipinski definition) is 1. The van der Waals surface area contributed by atoms with Crippen molar-refractivity contribution in [2.75, 3.05) is 13.1 Å². The Morgan fingerprint density at radius 3 is 2.61 bits per heavy atom. The zero-order chi connectivity index (χ0) is 13.9. The molecular formula is C10H11BrF3NO2S. The summed E-state index contributed by atoms with van der Waals surface area (Å²) in [6.45, 7) is -0.320. The highest BCUT2D eigenvalue weighted by Gasteiger charge is 2.34. The summed E-state index contributed by atoms with van der Waals surface area (Å²) < 4.78 is 38.0. The molecule has 3 nitrogen and oxygen atoms in total. The minimum Gasteiger partial charge on any atom is -0.480 e. The summed E-state index contributed by atoms with van der Waals surface area (Å²) in [5.74, 6) is -1.28. The molecule has 0 bridgehead atoms. The quantitative estimate of drug-likeness (QED) is 0.887. The third-order valence-electron chi connectivity index (χ3n) is 2.27. The largest absolute Gasteiger partial charge is 0.480 e. The van der Waals surface area contributed by atoms with Gasteiger partial charge in [0.05, 0.1) is 13.1 Å². The summed E-state index contributed by atoms with van der Waals surface area (Å²) >= 11 is 4.51. The number of rotatable bonds is 5. The van der Waals surface area contributed by atoms with E-state index >= 15 is 0 Å². The van der Waals surface area contributed by atoms with E-state index in [4.69, 9.17) is 5.11 Å². The van der Waals surface area contributed by atoms with E-state index in [9.17, 15) is 18.0 Å². The van der Waals surface area contributed by atoms with Crippen molar-refractivity contribution in [3.63, 3.8) is 0 Å². The van der Waals surface area contributed by atoms with E-state index in [0.717, 1.165) is 9.37 Å². The van der Waals surface area contributed by atoms with Crippen molar-refractivity contribution in [1.82, 2.24) is 4.90 Å². The number of aliphatic carboxylic acids is 1. The van der Waals surface area contributed by atoms with E-state index in [1.165, 1.54) is 11.3 Å². The molecule has 1 unspecified atom stereocenters. The summed E-state index contributed by atoms with van der Waals surface area (Å²) in [5, 5.41) is 10.4. The van der Waals surface area contributed by atoms with Crippen LogP contribution < -0.4 is 0 Å². The smallest absolute Gasteiger partial charge is 0.401 e. The fraction of sp³-hybridized carbons (Fsp3) is 0.500. The first kappa shape index (κ1) is 15.5. The Morgan fingerprint density at radius 1 is 1.61 bits per heavy atom. The van der Waals surface area contributed by atoms with Crippen molar-refractivity contribution < 1.29 is 23.1 Å². The topological polar surface area (TPSA) is 40.5 Å². The summed E-state index contributed by atoms with van der Waals surface area (Å²) in [7, 11) is 0. The van der Waals surface area contributed by atoms with Gasteiger partial charge < -0.3 is 5.11 Å². The summed E-state index contributed by atoms with van der Waals surface area (Å²) in [5.41, 5.74) is 0. The predicted octanol–water partition coefficient (Wildman–Crippen LogP) is 3.52. The lowest BCUT2D eigenvalue weighted by Crippen LogP contribution is -2.39. The number of nitrogens with zero attached hydrogens (tertiary/aromatic N) is 1. The maximum absolute atomic E-state index is 12.4. The molecule has 1 aromatic heterocycles. The van der Waals surface area contributed by atoms with Crippen LogP contribution in [0.25, 0.3) is 0 Å². The van der Waals surface area contributed by atoms with Crippen molar-refractivity contribution in [3.8, 4) is 0 Å². The van der Waals surface area contributed by atoms with E-state index in [2.05, 4.69) is 15.9 Å². The van der Waals surface area contributed by atoms with Gasteiger partial charge in [0.2, 0.25) is 0 Å². The molecule has 0 saturated heterocycles. The number of thiophene rings is 1. The number of alkyl halides is 3. The Balaban J connectivity index is 2.84. The van der Waals surface area contributed by atoms with Crippen LogP contribution in [0.4, 0.5) is 13.2 Å². The molecule has 1 rings (SSSR count). The molecule has 0 saturated carbocycles. The Kier molecular flexibility index (Phi) is 5.18. The van der Waals surface area contributed by atoms with E-state index in [1.54, 1.807) is 18.4 Å². The standard InChI is InChI=1S/C10H11BrF3NO2S/c1-6(8-2-7(11)4-18-8)15(3-9(16)17)5-10(12,13)14/h2,4,6H,3,5H2,1H3,(H,16,17). The van der Waals surface area contributed by atoms with Crippen molar-refractivity contribution in [3.05, 3.63) is 20.8 Å². The number of hydrogen-bond acceptors (Lipinski definition) is 3. The molecule has 1 aromatic rings. The van der Waals surface area contributed by atoms with Crippen LogP contribution in [0.5, 0.6) is 0 Å². The van der Waals surface area contributed by atoms with Crippen LogP contribution in [0.3, 0.4) is 0 Å². The van der Waals surface area contributed by atoms with Gasteiger partial charge >= 0.3 is 12.1 Å². The lowest BCUT2D eigenvalue weighted by Gasteiger charge is -2.27. The third kappa shape index (κ3) is 4.95. The highest BCUT2D eigenvalue weighted by molar-refractivity contribution is 9.10. The van der Waals surface area contributed by atoms with Crippen LogP contribution in [-0.2, 0) is 4.79 Å². The first-order valence-electron chi connectivity index (χ1n) is 4.95. The van der Waals surface area contributed by atoms with Gasteiger partial charge in [-0.3, -0.25) is 9.69 Å². The van der Waals surface area contributed by atoms with E-state index in [-0.39, 0.29) is 0 Å². The van der Waals surface area contributed by atoms with E-state index in [0.29, 0.717) is 4.88 Å². The first-order chi connectivity index (χ1) is 8.19. The average Bonchev–Trinajstić information content (AvgIpc) is 2.59. The zero-order valence-corrected chi connectivity index (χ0v) is 11.8. The molecule has 0 spiro atoms. The van der Waals surface area contributed by atoms with Gasteiger partial charge in [-0.25, -0.2) is 0 Å². The molecule has 0 amide bonds. The molecule has 0 aliphatic heterocycles. The number of carbonyl (C=O) groups is 1. The van der Waals surface area contributed by atoms with E-state index < -0.39 is 31.3 Å². The highest BCUT2D eigenvalue weighted by Crippen LogP contribution is 2.31. The third-order valence-corrected chi connectivity index (χ3v) is 4.13. The van der Waals surface area contributed by atoms with Gasteiger partial charge in [-0.2, -0.15) is 13.2 Å². The zero-order valence-electron chi connectivity index (χ0n) is 9.37. The highest BCUT2D eigenvalue weighted by atomic mass is 79.9. The molecule has 8 heteroatoms. The molecule has 18 heavy (non-hydrogen) atoms. The average molecular weight is 346 g/mol. The minimum absolute atomic E-state index is 0.598. The minimum atomic E-state index is -4.42. The van der Waals surface area contributed by atoms with Gasteiger partial charge in [0.1, 0.15) is 0 Å². The molecule has 1 heterocycles. The van der Waals surface area contributed by atoms with Crippen LogP contribution >= 0.6 is 27.3 Å². The van der Waals surface area contributed by atoms with Crippen LogP contribution in [0.1, 0.15) is 17.8 Å². The Labute approximate surface area is 114 Å². The molecule has 1 atom stereocenters. The van der Waals surface area contributed by atoms with Gasteiger partial charge in [-0.05, 0) is 28.9 Å². The second-order valence-corrected chi connectivity index (χ2v) is 5.62. The maximum atomic E-state index is 12.4. The Hall–Kier alpha value is -0.600. The number of carboxylic acids is 1. The number of halogens is 4. The van der Waals surface area contributed by atoms with Gasteiger partial charge in [0.15, 0.2) is 0 Å². The molecule has 0 aliphatic rings. The monoisotopic (exact) mass is 345 g/mol. The van der Waals surface area contributed by atoms with Gasteiger partial charge in [0, 0.05) is 20.8 Å². The first-order valence-corrected chi connectivity index (χ1v) is 6.63. The van der Waals surface area contributed by atoms with Crippen molar-refractivity contribution in [2.24, 2.45) is 0 Å². The molecule has 102 valence electrons. The van der Waals surface area contributed by atoms with Crippen LogP contribution in [0.15, 0.2) is 15.9 Å². The Morgan fingerprint density at radius 2 is 2.22 bits per heavy atom. The fourth-order valence-corrected chi connectivity index (χ4v) is 3.00. The normalized spacial score (nSPS) is 13.9. The van der Waals surface area contributed by atoms with Crippen LogP contribution in [0.2, 0.25) is 0 Å². The molecule has 1 N–H and O–H groups in total. The lowest BCUT2D eigenvalue weighted by atomic mass is 10.2. The van der Waals surface area contributed by atoms with Gasteiger partial charge in [-0.1, -0.05) is 0 Å². The number of carboxylic acid groups (broad SMARTS) is 1. The maximum Gasteiger partial charge on any atom is 0.401 e. The molecular weight excluding hydrogens is 335 g/mol. The SMILES string of the molecule is CC(c1cc(Br)cs1)N(CC(=O)O)CC(F)(F)F. The predicted molar refractivity (Wildman–Crippen MR) is 65.7 cm³/mol. The fourth-order valence-electron chi connectivity index (χ4n) is 1.46. The molecule has 0 aliphatic carbocycles. The molecule has 0 aromatic carbocycles. The second kappa shape index (κ2) is 6.03. The Bertz CT molecular complexity index is 422. The van der Waals surface area contributed by atoms with E-state index in [1.807, 2.05) is 0 Å².